The van der Waals surface area contributed by atoms with Gasteiger partial charge in [0.15, 0.2) is 0 Å². The van der Waals surface area contributed by atoms with Crippen molar-refractivity contribution in [1.29, 1.82) is 0 Å². The smallest absolute Gasteiger partial charge is 0.223 e. The fourth-order valence-electron chi connectivity index (χ4n) is 1.83. The first-order valence-electron chi connectivity index (χ1n) is 6.71. The van der Waals surface area contributed by atoms with Gasteiger partial charge in [0.25, 0.3) is 0 Å². The Morgan fingerprint density at radius 2 is 1.83 bits per heavy atom. The predicted octanol–water partition coefficient (Wildman–Crippen LogP) is 1.75. The van der Waals surface area contributed by atoms with Gasteiger partial charge in [-0.2, -0.15) is 0 Å². The first-order valence-corrected chi connectivity index (χ1v) is 7.68. The van der Waals surface area contributed by atoms with Gasteiger partial charge in [-0.3, -0.25) is 9.69 Å². The van der Waals surface area contributed by atoms with Crippen molar-refractivity contribution in [3.63, 3.8) is 0 Å². The molecule has 1 aliphatic rings. The third-order valence-corrected chi connectivity index (χ3v) is 4.70. The zero-order valence-electron chi connectivity index (χ0n) is 12.0. The van der Waals surface area contributed by atoms with Gasteiger partial charge >= 0.3 is 0 Å². The summed E-state index contributed by atoms with van der Waals surface area (Å²) >= 11 is 2.37. The molecule has 1 rings (SSSR count). The summed E-state index contributed by atoms with van der Waals surface area (Å²) < 4.78 is 2.31. The number of nitrogens with one attached hydrogen (secondary N) is 1. The Morgan fingerprint density at radius 1 is 1.28 bits per heavy atom. The molecule has 1 unspecified atom stereocenters. The van der Waals surface area contributed by atoms with Crippen molar-refractivity contribution in [2.24, 2.45) is 11.3 Å². The minimum atomic E-state index is 0.0386. The molecule has 0 radical (unpaired) electrons. The average Bonchev–Trinajstić information content (AvgIpc) is 2.29. The van der Waals surface area contributed by atoms with Gasteiger partial charge in [0.2, 0.25) is 5.91 Å². The molecule has 0 aromatic carbocycles. The zero-order valence-corrected chi connectivity index (χ0v) is 14.2. The molecule has 0 aliphatic carbocycles. The van der Waals surface area contributed by atoms with Gasteiger partial charge in [0.1, 0.15) is 0 Å². The van der Waals surface area contributed by atoms with E-state index in [1.807, 2.05) is 6.92 Å². The summed E-state index contributed by atoms with van der Waals surface area (Å²) in [6.07, 6.45) is 0. The van der Waals surface area contributed by atoms with Crippen LogP contribution in [0.2, 0.25) is 0 Å². The normalized spacial score (nSPS) is 20.7. The van der Waals surface area contributed by atoms with Gasteiger partial charge in [0.05, 0.1) is 0 Å². The minimum Gasteiger partial charge on any atom is -0.355 e. The van der Waals surface area contributed by atoms with Gasteiger partial charge in [-0.1, -0.05) is 27.7 Å². The van der Waals surface area contributed by atoms with Crippen molar-refractivity contribution in [2.45, 2.75) is 27.7 Å². The first-order chi connectivity index (χ1) is 8.30. The lowest BCUT2D eigenvalue weighted by Crippen LogP contribution is -2.46. The van der Waals surface area contributed by atoms with Crippen LogP contribution >= 0.6 is 22.9 Å². The topological polar surface area (TPSA) is 35.6 Å². The highest BCUT2D eigenvalue weighted by molar-refractivity contribution is 14.1. The molecule has 0 aromatic rings. The van der Waals surface area contributed by atoms with Crippen molar-refractivity contribution in [2.75, 3.05) is 39.3 Å². The van der Waals surface area contributed by atoms with Gasteiger partial charge in [0, 0.05) is 68.1 Å². The van der Waals surface area contributed by atoms with Crippen molar-refractivity contribution < 1.29 is 4.79 Å². The fourth-order valence-corrected chi connectivity index (χ4v) is 2.26. The minimum absolute atomic E-state index is 0.0386. The Balaban J connectivity index is 2.20. The van der Waals surface area contributed by atoms with E-state index in [2.05, 4.69) is 57.0 Å². The maximum atomic E-state index is 11.9. The third-order valence-electron chi connectivity index (χ3n) is 3.74. The Morgan fingerprint density at radius 3 is 2.33 bits per heavy atom. The van der Waals surface area contributed by atoms with E-state index in [1.165, 1.54) is 0 Å². The van der Waals surface area contributed by atoms with E-state index in [0.29, 0.717) is 0 Å². The molecule has 1 N–H and O–H groups in total. The highest BCUT2D eigenvalue weighted by atomic mass is 127. The van der Waals surface area contributed by atoms with Gasteiger partial charge in [-0.15, -0.1) is 0 Å². The molecule has 1 atom stereocenters. The average molecular weight is 367 g/mol. The van der Waals surface area contributed by atoms with E-state index in [0.717, 1.165) is 39.3 Å². The molecule has 1 saturated heterocycles. The van der Waals surface area contributed by atoms with E-state index in [4.69, 9.17) is 0 Å². The monoisotopic (exact) mass is 367 g/mol. The summed E-state index contributed by atoms with van der Waals surface area (Å²) in [6, 6.07) is 0. The van der Waals surface area contributed by atoms with Crippen molar-refractivity contribution >= 4 is 28.8 Å². The highest BCUT2D eigenvalue weighted by Gasteiger charge is 2.26. The third kappa shape index (κ3) is 5.40. The summed E-state index contributed by atoms with van der Waals surface area (Å²) in [7, 11) is 0. The summed E-state index contributed by atoms with van der Waals surface area (Å²) in [6.45, 7) is 14.5. The van der Waals surface area contributed by atoms with E-state index in [1.54, 1.807) is 0 Å². The van der Waals surface area contributed by atoms with Crippen LogP contribution < -0.4 is 5.32 Å². The molecule has 5 heteroatoms. The number of piperazine rings is 1. The van der Waals surface area contributed by atoms with Crippen LogP contribution in [0.1, 0.15) is 27.7 Å². The maximum Gasteiger partial charge on any atom is 0.223 e. The second kappa shape index (κ2) is 7.05. The van der Waals surface area contributed by atoms with Crippen LogP contribution in [-0.4, -0.2) is 53.2 Å². The lowest BCUT2D eigenvalue weighted by molar-refractivity contribution is -0.127. The van der Waals surface area contributed by atoms with E-state index in [-0.39, 0.29) is 17.2 Å². The van der Waals surface area contributed by atoms with E-state index >= 15 is 0 Å². The van der Waals surface area contributed by atoms with Crippen LogP contribution in [0.4, 0.5) is 0 Å². The second-order valence-corrected chi connectivity index (χ2v) is 7.49. The Bertz CT molecular complexity index is 270. The van der Waals surface area contributed by atoms with Crippen molar-refractivity contribution in [3.8, 4) is 0 Å². The quantitative estimate of drug-likeness (QED) is 0.608. The molecule has 0 spiro atoms. The van der Waals surface area contributed by atoms with E-state index < -0.39 is 0 Å². The number of hydrogen-bond donors (Lipinski definition) is 1. The predicted molar refractivity (Wildman–Crippen MR) is 83.7 cm³/mol. The highest BCUT2D eigenvalue weighted by Crippen LogP contribution is 2.25. The number of carbonyl (C=O) groups excluding carboxylic acids is 1. The van der Waals surface area contributed by atoms with Crippen LogP contribution in [0.25, 0.3) is 0 Å². The molecular formula is C13H26IN3O. The molecular weight excluding hydrogens is 341 g/mol. The van der Waals surface area contributed by atoms with Crippen LogP contribution in [0.3, 0.4) is 0 Å². The number of amides is 1. The van der Waals surface area contributed by atoms with Gasteiger partial charge < -0.3 is 5.32 Å². The van der Waals surface area contributed by atoms with Crippen molar-refractivity contribution in [1.82, 2.24) is 13.3 Å². The fraction of sp³-hybridized carbons (Fsp3) is 0.923. The summed E-state index contributed by atoms with van der Waals surface area (Å²) in [5.41, 5.74) is 0.0386. The maximum absolute atomic E-state index is 11.9. The largest absolute Gasteiger partial charge is 0.355 e. The summed E-state index contributed by atoms with van der Waals surface area (Å²) in [5.74, 6) is 0.235. The molecule has 1 heterocycles. The Hall–Kier alpha value is 0.120. The number of carbonyl (C=O) groups is 1. The van der Waals surface area contributed by atoms with E-state index in [9.17, 15) is 4.79 Å². The SMILES string of the molecule is CC(C(=O)NCCN1CCN(I)CC1)C(C)(C)C. The zero-order chi connectivity index (χ0) is 13.8. The molecule has 1 fully saturated rings. The molecule has 0 saturated carbocycles. The molecule has 106 valence electrons. The Kier molecular flexibility index (Phi) is 6.34. The molecule has 1 amide bonds. The van der Waals surface area contributed by atoms with Gasteiger partial charge in [-0.05, 0) is 5.41 Å². The van der Waals surface area contributed by atoms with Crippen molar-refractivity contribution in [3.05, 3.63) is 0 Å². The van der Waals surface area contributed by atoms with Crippen LogP contribution in [0.15, 0.2) is 0 Å². The number of nitrogens with zero attached hydrogens (tertiary/aromatic N) is 2. The summed E-state index contributed by atoms with van der Waals surface area (Å²) in [4.78, 5) is 14.4. The standard InChI is InChI=1S/C13H26IN3O/c1-11(13(2,3)4)12(18)15-5-6-16-7-9-17(14)10-8-16/h11H,5-10H2,1-4H3,(H,15,18). The van der Waals surface area contributed by atoms with Crippen LogP contribution in [0, 0.1) is 11.3 Å². The number of hydrogen-bond acceptors (Lipinski definition) is 3. The molecule has 4 nitrogen and oxygen atoms in total. The molecule has 0 aromatic heterocycles. The number of rotatable bonds is 4. The molecule has 0 bridgehead atoms. The van der Waals surface area contributed by atoms with Crippen LogP contribution in [-0.2, 0) is 4.79 Å². The first kappa shape index (κ1) is 16.2. The number of halogens is 1. The summed E-state index contributed by atoms with van der Waals surface area (Å²) in [5, 5.41) is 3.05. The molecule has 1 aliphatic heterocycles. The molecule has 18 heavy (non-hydrogen) atoms. The van der Waals surface area contributed by atoms with Crippen LogP contribution in [0.5, 0.6) is 0 Å². The van der Waals surface area contributed by atoms with Gasteiger partial charge in [-0.25, -0.2) is 3.11 Å². The second-order valence-electron chi connectivity index (χ2n) is 6.13. The lowest BCUT2D eigenvalue weighted by Gasteiger charge is -2.31. The Labute approximate surface area is 125 Å². The lowest BCUT2D eigenvalue weighted by atomic mass is 9.81.